The van der Waals surface area contributed by atoms with Crippen LogP contribution in [0.2, 0.25) is 0 Å². The van der Waals surface area contributed by atoms with Crippen LogP contribution in [0.5, 0.6) is 0 Å². The summed E-state index contributed by atoms with van der Waals surface area (Å²) in [5, 5.41) is 9.66. The molecule has 0 spiro atoms. The Labute approximate surface area is 266 Å². The third-order valence-electron chi connectivity index (χ3n) is 10.1. The van der Waals surface area contributed by atoms with Crippen LogP contribution in [0.15, 0.2) is 140 Å². The number of nitrogens with zero attached hydrogens (tertiary/aromatic N) is 3. The molecule has 2 aromatic heterocycles. The summed E-state index contributed by atoms with van der Waals surface area (Å²) in [6.07, 6.45) is 0. The van der Waals surface area contributed by atoms with Gasteiger partial charge in [0.2, 0.25) is 5.95 Å². The van der Waals surface area contributed by atoms with Gasteiger partial charge in [-0.25, -0.2) is 9.97 Å². The van der Waals surface area contributed by atoms with Crippen LogP contribution in [-0.2, 0) is 5.41 Å². The second-order valence-corrected chi connectivity index (χ2v) is 13.1. The molecule has 0 radical (unpaired) electrons. The first kappa shape index (κ1) is 25.5. The summed E-state index contributed by atoms with van der Waals surface area (Å²) in [4.78, 5) is 11.1. The maximum atomic E-state index is 5.58. The normalized spacial score (nSPS) is 13.6. The van der Waals surface area contributed by atoms with E-state index < -0.39 is 0 Å². The molecule has 2 heterocycles. The Balaban J connectivity index is 1.39. The second-order valence-electron chi connectivity index (χ2n) is 13.1. The number of aromatic nitrogens is 3. The lowest BCUT2D eigenvalue weighted by Crippen LogP contribution is -2.18. The van der Waals surface area contributed by atoms with Crippen molar-refractivity contribution in [3.8, 4) is 28.5 Å². The fraction of sp³-hybridized carbons (Fsp3) is 0.0698. The Morgan fingerprint density at radius 3 is 1.96 bits per heavy atom. The minimum atomic E-state index is -0.255. The van der Waals surface area contributed by atoms with E-state index in [0.29, 0.717) is 5.95 Å². The Morgan fingerprint density at radius 2 is 1.13 bits per heavy atom. The topological polar surface area (TPSA) is 30.7 Å². The highest BCUT2D eigenvalue weighted by Gasteiger charge is 2.40. The van der Waals surface area contributed by atoms with Crippen LogP contribution in [0.3, 0.4) is 0 Å². The highest BCUT2D eigenvalue weighted by molar-refractivity contribution is 6.20. The molecule has 0 saturated carbocycles. The molecule has 46 heavy (non-hydrogen) atoms. The zero-order chi connectivity index (χ0) is 30.6. The predicted octanol–water partition coefficient (Wildman–Crippen LogP) is 11.0. The van der Waals surface area contributed by atoms with Crippen molar-refractivity contribution in [1.82, 2.24) is 14.5 Å². The third kappa shape index (κ3) is 3.43. The Bertz CT molecular complexity index is 2730. The molecule has 0 N–H and O–H groups in total. The summed E-state index contributed by atoms with van der Waals surface area (Å²) < 4.78 is 2.32. The van der Waals surface area contributed by atoms with Gasteiger partial charge in [0.05, 0.1) is 22.4 Å². The summed E-state index contributed by atoms with van der Waals surface area (Å²) in [6.45, 7) is 4.62. The highest BCUT2D eigenvalue weighted by atomic mass is 15.2. The van der Waals surface area contributed by atoms with Crippen molar-refractivity contribution in [1.29, 1.82) is 0 Å². The number of hydrogen-bond donors (Lipinski definition) is 0. The molecule has 1 aliphatic rings. The lowest BCUT2D eigenvalue weighted by Gasteiger charge is -2.24. The molecule has 9 aromatic rings. The molecule has 0 aliphatic heterocycles. The molecule has 7 aromatic carbocycles. The van der Waals surface area contributed by atoms with Gasteiger partial charge < -0.3 is 0 Å². The molecule has 0 saturated heterocycles. The van der Waals surface area contributed by atoms with E-state index in [0.717, 1.165) is 28.0 Å². The molecule has 0 fully saturated rings. The first-order chi connectivity index (χ1) is 22.6. The van der Waals surface area contributed by atoms with E-state index in [1.165, 1.54) is 59.8 Å². The maximum absolute atomic E-state index is 5.58. The number of benzene rings is 7. The summed E-state index contributed by atoms with van der Waals surface area (Å²) in [7, 11) is 0. The average Bonchev–Trinajstić information content (AvgIpc) is 3.55. The summed E-state index contributed by atoms with van der Waals surface area (Å²) in [5.41, 5.74) is 8.77. The van der Waals surface area contributed by atoms with Gasteiger partial charge in [-0.3, -0.25) is 4.57 Å². The lowest BCUT2D eigenvalue weighted by atomic mass is 9.80. The SMILES string of the molecule is CC1(C)c2ccccc2-c2nc(-n3c4cc5ccccc5cc4c4ccc5ccccc5c43)nc(-c3ccc4ccccc4c3)c21. The number of rotatable bonds is 2. The smallest absolute Gasteiger partial charge is 0.235 e. The molecule has 3 nitrogen and oxygen atoms in total. The molecule has 0 unspecified atom stereocenters. The lowest BCUT2D eigenvalue weighted by molar-refractivity contribution is 0.657. The zero-order valence-corrected chi connectivity index (χ0v) is 25.6. The summed E-state index contributed by atoms with van der Waals surface area (Å²) >= 11 is 0. The summed E-state index contributed by atoms with van der Waals surface area (Å²) in [6, 6.07) is 50.4. The minimum absolute atomic E-state index is 0.255. The van der Waals surface area contributed by atoms with Crippen LogP contribution in [0.4, 0.5) is 0 Å². The van der Waals surface area contributed by atoms with Crippen LogP contribution in [0.25, 0.3) is 82.6 Å². The van der Waals surface area contributed by atoms with Crippen molar-refractivity contribution in [2.24, 2.45) is 0 Å². The van der Waals surface area contributed by atoms with E-state index in [2.05, 4.69) is 158 Å². The molecule has 0 atom stereocenters. The quantitative estimate of drug-likeness (QED) is 0.201. The van der Waals surface area contributed by atoms with Crippen molar-refractivity contribution >= 4 is 54.1 Å². The minimum Gasteiger partial charge on any atom is -0.277 e. The van der Waals surface area contributed by atoms with Crippen LogP contribution < -0.4 is 0 Å². The Kier molecular flexibility index (Phi) is 5.06. The Morgan fingerprint density at radius 1 is 0.500 bits per heavy atom. The Hall–Kier alpha value is -5.80. The van der Waals surface area contributed by atoms with Crippen molar-refractivity contribution in [3.05, 3.63) is 151 Å². The van der Waals surface area contributed by atoms with Crippen molar-refractivity contribution in [2.75, 3.05) is 0 Å². The van der Waals surface area contributed by atoms with E-state index in [9.17, 15) is 0 Å². The van der Waals surface area contributed by atoms with Crippen molar-refractivity contribution in [3.63, 3.8) is 0 Å². The van der Waals surface area contributed by atoms with Gasteiger partial charge >= 0.3 is 0 Å². The molecule has 3 heteroatoms. The van der Waals surface area contributed by atoms with E-state index in [4.69, 9.17) is 9.97 Å². The standard InChI is InChI=1S/C43H29N3/c1-43(2)36-18-10-9-17-34(36)40-38(43)39(31-20-19-26-11-3-4-13-28(26)23-31)44-42(45-40)46-37-25-30-15-6-5-14-29(30)24-35(37)33-22-21-27-12-7-8-16-32(27)41(33)46/h3-25H,1-2H3. The van der Waals surface area contributed by atoms with Gasteiger partial charge in [-0.05, 0) is 50.7 Å². The van der Waals surface area contributed by atoms with E-state index in [1.807, 2.05) is 0 Å². The van der Waals surface area contributed by atoms with Crippen molar-refractivity contribution < 1.29 is 0 Å². The van der Waals surface area contributed by atoms with E-state index >= 15 is 0 Å². The van der Waals surface area contributed by atoms with Crippen LogP contribution in [0, 0.1) is 0 Å². The average molecular weight is 588 g/mol. The monoisotopic (exact) mass is 587 g/mol. The van der Waals surface area contributed by atoms with Crippen LogP contribution in [0.1, 0.15) is 25.0 Å². The van der Waals surface area contributed by atoms with Gasteiger partial charge in [-0.1, -0.05) is 135 Å². The van der Waals surface area contributed by atoms with Gasteiger partial charge in [-0.2, -0.15) is 0 Å². The van der Waals surface area contributed by atoms with Gasteiger partial charge in [0, 0.05) is 38.3 Å². The van der Waals surface area contributed by atoms with E-state index in [1.54, 1.807) is 0 Å². The first-order valence-electron chi connectivity index (χ1n) is 15.9. The van der Waals surface area contributed by atoms with E-state index in [-0.39, 0.29) is 5.41 Å². The molecule has 10 rings (SSSR count). The largest absolute Gasteiger partial charge is 0.277 e. The van der Waals surface area contributed by atoms with Gasteiger partial charge in [-0.15, -0.1) is 0 Å². The van der Waals surface area contributed by atoms with Gasteiger partial charge in [0.25, 0.3) is 0 Å². The maximum Gasteiger partial charge on any atom is 0.235 e. The zero-order valence-electron chi connectivity index (χ0n) is 25.6. The van der Waals surface area contributed by atoms with Crippen LogP contribution >= 0.6 is 0 Å². The molecular formula is C43H29N3. The fourth-order valence-electron chi connectivity index (χ4n) is 7.92. The first-order valence-corrected chi connectivity index (χ1v) is 15.9. The predicted molar refractivity (Wildman–Crippen MR) is 192 cm³/mol. The molecule has 0 amide bonds. The highest BCUT2D eigenvalue weighted by Crippen LogP contribution is 2.51. The van der Waals surface area contributed by atoms with Gasteiger partial charge in [0.1, 0.15) is 0 Å². The third-order valence-corrected chi connectivity index (χ3v) is 10.1. The summed E-state index contributed by atoms with van der Waals surface area (Å²) in [5.74, 6) is 0.695. The molecule has 1 aliphatic carbocycles. The molecule has 0 bridgehead atoms. The van der Waals surface area contributed by atoms with Gasteiger partial charge in [0.15, 0.2) is 0 Å². The fourth-order valence-corrected chi connectivity index (χ4v) is 7.92. The number of hydrogen-bond acceptors (Lipinski definition) is 2. The second kappa shape index (κ2) is 9.12. The van der Waals surface area contributed by atoms with Crippen molar-refractivity contribution in [2.45, 2.75) is 19.3 Å². The molecular weight excluding hydrogens is 558 g/mol. The molecule has 216 valence electrons. The number of fused-ring (bicyclic) bond motifs is 10. The van der Waals surface area contributed by atoms with Crippen LogP contribution in [-0.4, -0.2) is 14.5 Å².